The van der Waals surface area contributed by atoms with Gasteiger partial charge >= 0.3 is 0 Å². The van der Waals surface area contributed by atoms with Gasteiger partial charge in [-0.25, -0.2) is 26.9 Å². The summed E-state index contributed by atoms with van der Waals surface area (Å²) in [6, 6.07) is 0. The summed E-state index contributed by atoms with van der Waals surface area (Å²) in [7, 11) is -3.69. The van der Waals surface area contributed by atoms with Crippen molar-refractivity contribution >= 4 is 10.0 Å². The number of sulfonamides is 1. The fraction of sp³-hybridized carbons (Fsp3) is 0.667. The van der Waals surface area contributed by atoms with Crippen LogP contribution in [0.25, 0.3) is 0 Å². The number of aryl methyl sites for hydroxylation is 1. The Balaban J connectivity index is 2.40. The molecule has 0 aliphatic carbocycles. The predicted octanol–water partition coefficient (Wildman–Crippen LogP) is 0.532. The third-order valence-corrected chi connectivity index (χ3v) is 3.38. The molecule has 0 fully saturated rings. The lowest BCUT2D eigenvalue weighted by Crippen LogP contribution is -2.28. The SMILES string of the molecule is CCc1ncc(S(=O)(=O)NCCOCC(F)F)[nH]1. The molecule has 18 heavy (non-hydrogen) atoms. The Bertz CT molecular complexity index is 461. The van der Waals surface area contributed by atoms with Crippen molar-refractivity contribution in [2.75, 3.05) is 19.8 Å². The summed E-state index contributed by atoms with van der Waals surface area (Å²) in [5, 5.41) is -0.0480. The maximum Gasteiger partial charge on any atom is 0.261 e. The van der Waals surface area contributed by atoms with E-state index in [1.165, 1.54) is 6.20 Å². The molecule has 0 saturated heterocycles. The molecule has 1 rings (SSSR count). The minimum Gasteiger partial charge on any atom is -0.374 e. The maximum atomic E-state index is 11.7. The third-order valence-electron chi connectivity index (χ3n) is 2.01. The average molecular weight is 283 g/mol. The van der Waals surface area contributed by atoms with Gasteiger partial charge in [0.25, 0.3) is 16.4 Å². The number of aromatic nitrogens is 2. The average Bonchev–Trinajstić information content (AvgIpc) is 2.77. The lowest BCUT2D eigenvalue weighted by molar-refractivity contribution is 0.0199. The van der Waals surface area contributed by atoms with Crippen molar-refractivity contribution in [3.63, 3.8) is 0 Å². The van der Waals surface area contributed by atoms with Crippen LogP contribution in [0.1, 0.15) is 12.7 Å². The second kappa shape index (κ2) is 6.76. The molecular formula is C9H15F2N3O3S. The van der Waals surface area contributed by atoms with Gasteiger partial charge < -0.3 is 9.72 Å². The first kappa shape index (κ1) is 15.0. The van der Waals surface area contributed by atoms with E-state index >= 15 is 0 Å². The second-order valence-corrected chi connectivity index (χ2v) is 5.15. The number of halogens is 2. The van der Waals surface area contributed by atoms with E-state index in [1.54, 1.807) is 0 Å². The van der Waals surface area contributed by atoms with Crippen LogP contribution in [0.15, 0.2) is 11.2 Å². The van der Waals surface area contributed by atoms with Crippen molar-refractivity contribution in [1.82, 2.24) is 14.7 Å². The minimum absolute atomic E-state index is 0.0480. The highest BCUT2D eigenvalue weighted by atomic mass is 32.2. The van der Waals surface area contributed by atoms with Gasteiger partial charge in [0.05, 0.1) is 12.8 Å². The first-order valence-corrected chi connectivity index (χ1v) is 6.83. The van der Waals surface area contributed by atoms with E-state index in [-0.39, 0.29) is 18.2 Å². The Morgan fingerprint density at radius 2 is 2.28 bits per heavy atom. The molecule has 1 aromatic rings. The van der Waals surface area contributed by atoms with Crippen molar-refractivity contribution in [2.24, 2.45) is 0 Å². The van der Waals surface area contributed by atoms with E-state index in [9.17, 15) is 17.2 Å². The molecule has 0 saturated carbocycles. The first-order valence-electron chi connectivity index (χ1n) is 5.35. The van der Waals surface area contributed by atoms with Crippen LogP contribution in [0.5, 0.6) is 0 Å². The molecule has 2 N–H and O–H groups in total. The Morgan fingerprint density at radius 3 is 2.83 bits per heavy atom. The first-order chi connectivity index (χ1) is 8.45. The molecule has 0 aliphatic heterocycles. The highest BCUT2D eigenvalue weighted by Gasteiger charge is 2.16. The number of hydrogen-bond donors (Lipinski definition) is 2. The lowest BCUT2D eigenvalue weighted by Gasteiger charge is -2.05. The number of aromatic amines is 1. The number of H-pyrrole nitrogens is 1. The van der Waals surface area contributed by atoms with Gasteiger partial charge in [-0.2, -0.15) is 0 Å². The van der Waals surface area contributed by atoms with E-state index in [4.69, 9.17) is 0 Å². The normalized spacial score (nSPS) is 12.2. The largest absolute Gasteiger partial charge is 0.374 e. The van der Waals surface area contributed by atoms with Gasteiger partial charge in [0.1, 0.15) is 12.4 Å². The monoisotopic (exact) mass is 283 g/mol. The van der Waals surface area contributed by atoms with E-state index in [1.807, 2.05) is 6.92 Å². The molecule has 0 bridgehead atoms. The van der Waals surface area contributed by atoms with Gasteiger partial charge in [0, 0.05) is 13.0 Å². The number of hydrogen-bond acceptors (Lipinski definition) is 4. The quantitative estimate of drug-likeness (QED) is 0.682. The van der Waals surface area contributed by atoms with Crippen LogP contribution < -0.4 is 4.72 Å². The van der Waals surface area contributed by atoms with Gasteiger partial charge in [-0.3, -0.25) is 0 Å². The molecule has 0 aliphatic rings. The van der Waals surface area contributed by atoms with E-state index < -0.39 is 23.1 Å². The molecule has 1 aromatic heterocycles. The van der Waals surface area contributed by atoms with E-state index in [2.05, 4.69) is 19.4 Å². The number of nitrogens with zero attached hydrogens (tertiary/aromatic N) is 1. The van der Waals surface area contributed by atoms with Crippen molar-refractivity contribution in [2.45, 2.75) is 24.8 Å². The van der Waals surface area contributed by atoms with Crippen LogP contribution >= 0.6 is 0 Å². The Morgan fingerprint density at radius 1 is 1.56 bits per heavy atom. The van der Waals surface area contributed by atoms with E-state index in [0.717, 1.165) is 0 Å². The zero-order valence-corrected chi connectivity index (χ0v) is 10.6. The molecule has 1 heterocycles. The fourth-order valence-electron chi connectivity index (χ4n) is 1.16. The van der Waals surface area contributed by atoms with Crippen LogP contribution in [0.3, 0.4) is 0 Å². The van der Waals surface area contributed by atoms with Crippen molar-refractivity contribution in [3.05, 3.63) is 12.0 Å². The van der Waals surface area contributed by atoms with Crippen molar-refractivity contribution in [3.8, 4) is 0 Å². The maximum absolute atomic E-state index is 11.7. The van der Waals surface area contributed by atoms with Crippen molar-refractivity contribution < 1.29 is 21.9 Å². The van der Waals surface area contributed by atoms with E-state index in [0.29, 0.717) is 12.2 Å². The Kier molecular flexibility index (Phi) is 5.63. The number of rotatable bonds is 8. The van der Waals surface area contributed by atoms with Crippen LogP contribution in [0.2, 0.25) is 0 Å². The summed E-state index contributed by atoms with van der Waals surface area (Å²) >= 11 is 0. The highest BCUT2D eigenvalue weighted by molar-refractivity contribution is 7.89. The van der Waals surface area contributed by atoms with Gasteiger partial charge in [0.2, 0.25) is 0 Å². The Hall–Kier alpha value is -1.06. The molecule has 6 nitrogen and oxygen atoms in total. The number of nitrogens with one attached hydrogen (secondary N) is 2. The van der Waals surface area contributed by atoms with Gasteiger partial charge in [0.15, 0.2) is 5.03 Å². The second-order valence-electron chi connectivity index (χ2n) is 3.41. The topological polar surface area (TPSA) is 84.1 Å². The molecule has 0 radical (unpaired) electrons. The summed E-state index contributed by atoms with van der Waals surface area (Å²) in [4.78, 5) is 6.50. The molecule has 0 spiro atoms. The van der Waals surface area contributed by atoms with Gasteiger partial charge in [-0.1, -0.05) is 6.92 Å². The molecule has 0 aromatic carbocycles. The Labute approximate surface area is 104 Å². The summed E-state index contributed by atoms with van der Waals surface area (Å²) in [6.45, 7) is 0.945. The van der Waals surface area contributed by atoms with Crippen LogP contribution in [0.4, 0.5) is 8.78 Å². The number of imidazole rings is 1. The van der Waals surface area contributed by atoms with Crippen LogP contribution in [-0.4, -0.2) is 44.6 Å². The lowest BCUT2D eigenvalue weighted by atomic mass is 10.5. The fourth-order valence-corrected chi connectivity index (χ4v) is 2.11. The minimum atomic E-state index is -3.69. The predicted molar refractivity (Wildman–Crippen MR) is 60.0 cm³/mol. The smallest absolute Gasteiger partial charge is 0.261 e. The van der Waals surface area contributed by atoms with Gasteiger partial charge in [-0.15, -0.1) is 0 Å². The molecule has 0 atom stereocenters. The van der Waals surface area contributed by atoms with Gasteiger partial charge in [-0.05, 0) is 0 Å². The summed E-state index contributed by atoms with van der Waals surface area (Å²) in [5.41, 5.74) is 0. The van der Waals surface area contributed by atoms with Crippen LogP contribution in [0, 0.1) is 0 Å². The van der Waals surface area contributed by atoms with Crippen LogP contribution in [-0.2, 0) is 21.2 Å². The zero-order valence-electron chi connectivity index (χ0n) is 9.82. The standard InChI is InChI=1S/C9H15F2N3O3S/c1-2-8-12-5-9(14-8)18(15,16)13-3-4-17-6-7(10)11/h5,7,13H,2-4,6H2,1H3,(H,12,14). The van der Waals surface area contributed by atoms with Crippen molar-refractivity contribution in [1.29, 1.82) is 0 Å². The molecule has 9 heteroatoms. The third kappa shape index (κ3) is 4.67. The zero-order chi connectivity index (χ0) is 13.6. The number of alkyl halides is 2. The summed E-state index contributed by atoms with van der Waals surface area (Å²) < 4.78 is 53.6. The molecule has 0 unspecified atom stereocenters. The molecule has 104 valence electrons. The molecular weight excluding hydrogens is 268 g/mol. The number of ether oxygens (including phenoxy) is 1. The molecule has 0 amide bonds. The summed E-state index contributed by atoms with van der Waals surface area (Å²) in [5.74, 6) is 0.560. The highest BCUT2D eigenvalue weighted by Crippen LogP contribution is 2.05. The summed E-state index contributed by atoms with van der Waals surface area (Å²) in [6.07, 6.45) is -0.755.